The van der Waals surface area contributed by atoms with Gasteiger partial charge in [0.25, 0.3) is 0 Å². The fourth-order valence-corrected chi connectivity index (χ4v) is 2.02. The highest BCUT2D eigenvalue weighted by atomic mass is 35.5. The summed E-state index contributed by atoms with van der Waals surface area (Å²) in [5.41, 5.74) is 1.21. The van der Waals surface area contributed by atoms with Crippen molar-refractivity contribution in [3.63, 3.8) is 0 Å². The van der Waals surface area contributed by atoms with Crippen LogP contribution in [-0.4, -0.2) is 5.11 Å². The van der Waals surface area contributed by atoms with E-state index in [1.165, 1.54) is 12.1 Å². The molecular formula is C14H10ClF3O. The molecule has 0 fully saturated rings. The topological polar surface area (TPSA) is 20.2 Å². The van der Waals surface area contributed by atoms with Gasteiger partial charge in [-0.3, -0.25) is 0 Å². The minimum Gasteiger partial charge on any atom is -0.392 e. The molecule has 100 valence electrons. The van der Waals surface area contributed by atoms with Crippen molar-refractivity contribution in [2.75, 3.05) is 0 Å². The van der Waals surface area contributed by atoms with Crippen LogP contribution >= 0.6 is 11.6 Å². The molecule has 0 bridgehead atoms. The lowest BCUT2D eigenvalue weighted by Gasteiger charge is -2.09. The van der Waals surface area contributed by atoms with Crippen LogP contribution in [0.15, 0.2) is 42.5 Å². The van der Waals surface area contributed by atoms with Gasteiger partial charge in [0.1, 0.15) is 0 Å². The fourth-order valence-electron chi connectivity index (χ4n) is 1.76. The summed E-state index contributed by atoms with van der Waals surface area (Å²) >= 11 is 5.89. The van der Waals surface area contributed by atoms with Crippen molar-refractivity contribution in [2.45, 2.75) is 12.8 Å². The Balaban J connectivity index is 2.40. The second-order valence-corrected chi connectivity index (χ2v) is 4.52. The molecule has 0 saturated heterocycles. The molecule has 0 unspecified atom stereocenters. The third-order valence-electron chi connectivity index (χ3n) is 2.69. The van der Waals surface area contributed by atoms with Gasteiger partial charge in [-0.05, 0) is 47.0 Å². The fraction of sp³-hybridized carbons (Fsp3) is 0.143. The predicted octanol–water partition coefficient (Wildman–Crippen LogP) is 4.52. The lowest BCUT2D eigenvalue weighted by molar-refractivity contribution is -0.137. The molecule has 0 atom stereocenters. The average molecular weight is 287 g/mol. The van der Waals surface area contributed by atoms with Gasteiger partial charge in [0.2, 0.25) is 0 Å². The summed E-state index contributed by atoms with van der Waals surface area (Å²) in [6, 6.07) is 9.75. The lowest BCUT2D eigenvalue weighted by Crippen LogP contribution is -2.04. The number of benzene rings is 2. The Morgan fingerprint density at radius 3 is 2.11 bits per heavy atom. The number of hydrogen-bond donors (Lipinski definition) is 1. The molecule has 2 aromatic carbocycles. The highest BCUT2D eigenvalue weighted by Gasteiger charge is 2.29. The van der Waals surface area contributed by atoms with Crippen molar-refractivity contribution >= 4 is 11.6 Å². The highest BCUT2D eigenvalue weighted by Crippen LogP contribution is 2.31. The van der Waals surface area contributed by atoms with E-state index in [0.717, 1.165) is 12.1 Å². The number of aliphatic hydroxyl groups is 1. The number of hydrogen-bond acceptors (Lipinski definition) is 1. The number of rotatable bonds is 2. The van der Waals surface area contributed by atoms with Crippen LogP contribution in [0.4, 0.5) is 13.2 Å². The third kappa shape index (κ3) is 3.28. The predicted molar refractivity (Wildman–Crippen MR) is 67.8 cm³/mol. The summed E-state index contributed by atoms with van der Waals surface area (Å²) in [7, 11) is 0. The number of halogens is 4. The van der Waals surface area contributed by atoms with Crippen LogP contribution in [0.3, 0.4) is 0 Å². The summed E-state index contributed by atoms with van der Waals surface area (Å²) in [5, 5.41) is 9.51. The Kier molecular flexibility index (Phi) is 3.83. The van der Waals surface area contributed by atoms with Gasteiger partial charge in [0, 0.05) is 5.02 Å². The third-order valence-corrected chi connectivity index (χ3v) is 2.90. The van der Waals surface area contributed by atoms with E-state index in [4.69, 9.17) is 16.7 Å². The van der Waals surface area contributed by atoms with Crippen molar-refractivity contribution in [3.8, 4) is 11.1 Å². The van der Waals surface area contributed by atoms with Crippen molar-refractivity contribution in [3.05, 3.63) is 58.6 Å². The number of aliphatic hydroxyl groups excluding tert-OH is 1. The van der Waals surface area contributed by atoms with Gasteiger partial charge >= 0.3 is 6.18 Å². The van der Waals surface area contributed by atoms with E-state index in [-0.39, 0.29) is 6.61 Å². The summed E-state index contributed by atoms with van der Waals surface area (Å²) in [6.07, 6.45) is -4.34. The summed E-state index contributed by atoms with van der Waals surface area (Å²) < 4.78 is 37.4. The smallest absolute Gasteiger partial charge is 0.392 e. The van der Waals surface area contributed by atoms with Crippen LogP contribution < -0.4 is 0 Å². The van der Waals surface area contributed by atoms with Crippen LogP contribution in [0.5, 0.6) is 0 Å². The number of alkyl halides is 3. The van der Waals surface area contributed by atoms with E-state index in [1.807, 2.05) is 0 Å². The molecule has 1 N–H and O–H groups in total. The molecule has 0 amide bonds. The Bertz CT molecular complexity index is 576. The Labute approximate surface area is 113 Å². The van der Waals surface area contributed by atoms with Crippen molar-refractivity contribution in [2.24, 2.45) is 0 Å². The molecule has 0 saturated carbocycles. The van der Waals surface area contributed by atoms with E-state index < -0.39 is 11.7 Å². The molecule has 0 heterocycles. The maximum atomic E-state index is 12.5. The van der Waals surface area contributed by atoms with Gasteiger partial charge in [0.05, 0.1) is 12.2 Å². The van der Waals surface area contributed by atoms with Gasteiger partial charge in [0.15, 0.2) is 0 Å². The monoisotopic (exact) mass is 286 g/mol. The summed E-state index contributed by atoms with van der Waals surface area (Å²) in [4.78, 5) is 0. The van der Waals surface area contributed by atoms with Crippen LogP contribution in [0, 0.1) is 0 Å². The van der Waals surface area contributed by atoms with E-state index >= 15 is 0 Å². The van der Waals surface area contributed by atoms with Gasteiger partial charge in [-0.1, -0.05) is 23.7 Å². The lowest BCUT2D eigenvalue weighted by atomic mass is 10.0. The highest BCUT2D eigenvalue weighted by molar-refractivity contribution is 6.30. The molecular weight excluding hydrogens is 277 g/mol. The molecule has 2 rings (SSSR count). The molecule has 1 nitrogen and oxygen atoms in total. The van der Waals surface area contributed by atoms with Crippen molar-refractivity contribution in [1.29, 1.82) is 0 Å². The van der Waals surface area contributed by atoms with Gasteiger partial charge in [-0.15, -0.1) is 0 Å². The molecule has 5 heteroatoms. The quantitative estimate of drug-likeness (QED) is 0.861. The molecule has 0 aliphatic heterocycles. The summed E-state index contributed by atoms with van der Waals surface area (Å²) in [6.45, 7) is -0.172. The van der Waals surface area contributed by atoms with Gasteiger partial charge in [-0.2, -0.15) is 13.2 Å². The van der Waals surface area contributed by atoms with Crippen LogP contribution in [0.2, 0.25) is 5.02 Å². The maximum absolute atomic E-state index is 12.5. The molecule has 2 aromatic rings. The Morgan fingerprint density at radius 2 is 1.58 bits per heavy atom. The summed E-state index contributed by atoms with van der Waals surface area (Å²) in [5.74, 6) is 0. The second-order valence-electron chi connectivity index (χ2n) is 4.08. The van der Waals surface area contributed by atoms with Crippen molar-refractivity contribution in [1.82, 2.24) is 0 Å². The molecule has 19 heavy (non-hydrogen) atoms. The molecule has 0 aromatic heterocycles. The SMILES string of the molecule is OCc1cc(Cl)cc(-c2ccc(C(F)(F)F)cc2)c1. The molecule has 0 aliphatic rings. The van der Waals surface area contributed by atoms with E-state index in [1.54, 1.807) is 18.2 Å². The van der Waals surface area contributed by atoms with Crippen molar-refractivity contribution < 1.29 is 18.3 Å². The minimum atomic E-state index is -4.34. The first-order valence-electron chi connectivity index (χ1n) is 5.48. The second kappa shape index (κ2) is 5.23. The van der Waals surface area contributed by atoms with E-state index in [0.29, 0.717) is 21.7 Å². The first-order valence-corrected chi connectivity index (χ1v) is 5.86. The molecule has 0 spiro atoms. The van der Waals surface area contributed by atoms with E-state index in [2.05, 4.69) is 0 Å². The van der Waals surface area contributed by atoms with Gasteiger partial charge < -0.3 is 5.11 Å². The van der Waals surface area contributed by atoms with Crippen LogP contribution in [-0.2, 0) is 12.8 Å². The standard InChI is InChI=1S/C14H10ClF3O/c15-13-6-9(8-19)5-11(7-13)10-1-3-12(4-2-10)14(16,17)18/h1-7,19H,8H2. The van der Waals surface area contributed by atoms with Gasteiger partial charge in [-0.25, -0.2) is 0 Å². The maximum Gasteiger partial charge on any atom is 0.416 e. The zero-order chi connectivity index (χ0) is 14.0. The largest absolute Gasteiger partial charge is 0.416 e. The van der Waals surface area contributed by atoms with Crippen LogP contribution in [0.25, 0.3) is 11.1 Å². The normalized spacial score (nSPS) is 11.6. The van der Waals surface area contributed by atoms with E-state index in [9.17, 15) is 13.2 Å². The molecule has 0 aliphatic carbocycles. The first-order chi connectivity index (χ1) is 8.90. The zero-order valence-corrected chi connectivity index (χ0v) is 10.5. The first kappa shape index (κ1) is 13.9. The molecule has 0 radical (unpaired) electrons. The Hall–Kier alpha value is -1.52. The minimum absolute atomic E-state index is 0.172. The zero-order valence-electron chi connectivity index (χ0n) is 9.71. The Morgan fingerprint density at radius 1 is 0.947 bits per heavy atom. The van der Waals surface area contributed by atoms with Crippen LogP contribution in [0.1, 0.15) is 11.1 Å². The average Bonchev–Trinajstić information content (AvgIpc) is 2.37.